The zero-order valence-corrected chi connectivity index (χ0v) is 19.2. The second-order valence-electron chi connectivity index (χ2n) is 6.97. The van der Waals surface area contributed by atoms with Crippen LogP contribution in [0.2, 0.25) is 5.02 Å². The Bertz CT molecular complexity index is 1220. The summed E-state index contributed by atoms with van der Waals surface area (Å²) < 4.78 is 10.7. The van der Waals surface area contributed by atoms with Crippen LogP contribution in [0.4, 0.5) is 0 Å². The van der Waals surface area contributed by atoms with Crippen molar-refractivity contribution in [2.24, 2.45) is 5.73 Å². The van der Waals surface area contributed by atoms with Gasteiger partial charge in [-0.05, 0) is 43.2 Å². The second kappa shape index (κ2) is 9.78. The minimum atomic E-state index is -0.781. The molecule has 9 heteroatoms. The molecule has 1 atom stereocenters. The molecule has 7 nitrogen and oxygen atoms in total. The van der Waals surface area contributed by atoms with Gasteiger partial charge in [0.05, 0.1) is 29.9 Å². The van der Waals surface area contributed by atoms with Crippen molar-refractivity contribution >= 4 is 29.3 Å². The summed E-state index contributed by atoms with van der Waals surface area (Å²) in [6.07, 6.45) is 0. The van der Waals surface area contributed by atoms with Crippen LogP contribution in [0.3, 0.4) is 0 Å². The van der Waals surface area contributed by atoms with E-state index in [1.165, 1.54) is 18.9 Å². The van der Waals surface area contributed by atoms with E-state index in [2.05, 4.69) is 11.1 Å². The van der Waals surface area contributed by atoms with Crippen LogP contribution in [0.5, 0.6) is 0 Å². The number of allylic oxidation sites excluding steroid dienone is 1. The smallest absolute Gasteiger partial charge is 0.338 e. The monoisotopic (exact) mass is 466 g/mol. The minimum Gasteiger partial charge on any atom is -0.466 e. The molecule has 0 aliphatic carbocycles. The van der Waals surface area contributed by atoms with Crippen LogP contribution in [0.15, 0.2) is 58.1 Å². The van der Waals surface area contributed by atoms with Gasteiger partial charge >= 0.3 is 5.97 Å². The van der Waals surface area contributed by atoms with Crippen LogP contribution in [0, 0.1) is 36.5 Å². The fourth-order valence-electron chi connectivity index (χ4n) is 3.42. The molecule has 1 aliphatic heterocycles. The molecule has 0 amide bonds. The van der Waals surface area contributed by atoms with E-state index in [4.69, 9.17) is 26.8 Å². The predicted octanol–water partition coefficient (Wildman–Crippen LogP) is 4.25. The third kappa shape index (κ3) is 4.57. The number of pyridine rings is 1. The van der Waals surface area contributed by atoms with Gasteiger partial charge in [0.25, 0.3) is 0 Å². The average Bonchev–Trinajstić information content (AvgIpc) is 2.77. The number of esters is 1. The highest BCUT2D eigenvalue weighted by Crippen LogP contribution is 2.41. The highest BCUT2D eigenvalue weighted by Gasteiger charge is 2.37. The molecule has 0 spiro atoms. The number of hydrogen-bond donors (Lipinski definition) is 1. The molecule has 0 saturated carbocycles. The van der Waals surface area contributed by atoms with E-state index in [0.29, 0.717) is 21.2 Å². The summed E-state index contributed by atoms with van der Waals surface area (Å²) >= 11 is 7.25. The van der Waals surface area contributed by atoms with Crippen LogP contribution in [-0.2, 0) is 14.3 Å². The summed E-state index contributed by atoms with van der Waals surface area (Å²) in [7, 11) is 1.26. The molecule has 0 saturated heterocycles. The largest absolute Gasteiger partial charge is 0.466 e. The Labute approximate surface area is 195 Å². The number of rotatable bonds is 5. The minimum absolute atomic E-state index is 0.0930. The maximum Gasteiger partial charge on any atom is 0.338 e. The number of carbonyl (C=O) groups excluding carboxylic acids is 1. The summed E-state index contributed by atoms with van der Waals surface area (Å²) in [6, 6.07) is 12.8. The average molecular weight is 467 g/mol. The molecule has 32 heavy (non-hydrogen) atoms. The number of halogens is 1. The number of methoxy groups -OCH3 is 1. The van der Waals surface area contributed by atoms with Gasteiger partial charge in [0.2, 0.25) is 5.88 Å². The Morgan fingerprint density at radius 1 is 1.28 bits per heavy atom. The lowest BCUT2D eigenvalue weighted by atomic mass is 9.83. The number of nitrogens with zero attached hydrogens (tertiary/aromatic N) is 3. The zero-order chi connectivity index (χ0) is 23.4. The quantitative estimate of drug-likeness (QED) is 0.512. The first kappa shape index (κ1) is 23.2. The number of aryl methyl sites for hydroxylation is 2. The van der Waals surface area contributed by atoms with Crippen LogP contribution in [0.25, 0.3) is 0 Å². The Morgan fingerprint density at radius 2 is 1.97 bits per heavy atom. The molecule has 0 fully saturated rings. The summed E-state index contributed by atoms with van der Waals surface area (Å²) in [6.45, 7) is 3.68. The standard InChI is InChI=1S/C23H19ClN4O3S/c1-12-8-13(2)28-22(16(12)9-25)32-11-18-20(23(29)30-3)19(17(10-26)21(27)31-18)14-4-6-15(24)7-5-14/h4-8,19H,11,27H2,1-3H3. The van der Waals surface area contributed by atoms with E-state index in [9.17, 15) is 15.3 Å². The topological polar surface area (TPSA) is 122 Å². The fourth-order valence-corrected chi connectivity index (χ4v) is 4.59. The van der Waals surface area contributed by atoms with E-state index < -0.39 is 11.9 Å². The van der Waals surface area contributed by atoms with Crippen LogP contribution < -0.4 is 5.73 Å². The number of hydrogen-bond acceptors (Lipinski definition) is 8. The van der Waals surface area contributed by atoms with Crippen molar-refractivity contribution in [1.82, 2.24) is 4.98 Å². The molecular formula is C23H19ClN4O3S. The van der Waals surface area contributed by atoms with Gasteiger partial charge in [-0.2, -0.15) is 10.5 Å². The van der Waals surface area contributed by atoms with Crippen molar-refractivity contribution < 1.29 is 14.3 Å². The van der Waals surface area contributed by atoms with Crippen LogP contribution in [0.1, 0.15) is 28.3 Å². The molecule has 1 unspecified atom stereocenters. The van der Waals surface area contributed by atoms with E-state index >= 15 is 0 Å². The molecular weight excluding hydrogens is 448 g/mol. The van der Waals surface area contributed by atoms with Crippen LogP contribution in [-0.4, -0.2) is 23.8 Å². The number of nitriles is 2. The Morgan fingerprint density at radius 3 is 2.56 bits per heavy atom. The highest BCUT2D eigenvalue weighted by molar-refractivity contribution is 7.99. The summed E-state index contributed by atoms with van der Waals surface area (Å²) in [5, 5.41) is 20.3. The predicted molar refractivity (Wildman–Crippen MR) is 120 cm³/mol. The maximum atomic E-state index is 12.8. The summed E-state index contributed by atoms with van der Waals surface area (Å²) in [5.41, 5.74) is 8.99. The van der Waals surface area contributed by atoms with Gasteiger partial charge in [0, 0.05) is 10.7 Å². The summed E-state index contributed by atoms with van der Waals surface area (Å²) in [5.74, 6) is -1.13. The van der Waals surface area contributed by atoms with Crippen molar-refractivity contribution in [3.8, 4) is 12.1 Å². The first-order valence-corrected chi connectivity index (χ1v) is 10.8. The first-order valence-electron chi connectivity index (χ1n) is 9.46. The number of benzene rings is 1. The van der Waals surface area contributed by atoms with Crippen molar-refractivity contribution in [3.05, 3.63) is 80.5 Å². The van der Waals surface area contributed by atoms with Gasteiger partial charge in [-0.1, -0.05) is 35.5 Å². The molecule has 1 aliphatic rings. The molecule has 2 aromatic rings. The Kier molecular flexibility index (Phi) is 7.09. The third-order valence-electron chi connectivity index (χ3n) is 4.87. The molecule has 3 rings (SSSR count). The first-order chi connectivity index (χ1) is 15.3. The van der Waals surface area contributed by atoms with E-state index in [1.807, 2.05) is 26.0 Å². The lowest BCUT2D eigenvalue weighted by molar-refractivity contribution is -0.136. The Hall–Kier alpha value is -3.46. The SMILES string of the molecule is COC(=O)C1=C(CSc2nc(C)cc(C)c2C#N)OC(N)=C(C#N)C1c1ccc(Cl)cc1. The maximum absolute atomic E-state index is 12.8. The lowest BCUT2D eigenvalue weighted by Crippen LogP contribution is -2.26. The van der Waals surface area contributed by atoms with Crippen LogP contribution >= 0.6 is 23.4 Å². The Balaban J connectivity index is 2.10. The highest BCUT2D eigenvalue weighted by atomic mass is 35.5. The lowest BCUT2D eigenvalue weighted by Gasteiger charge is -2.28. The zero-order valence-electron chi connectivity index (χ0n) is 17.6. The molecule has 2 N–H and O–H groups in total. The molecule has 0 radical (unpaired) electrons. The van der Waals surface area contributed by atoms with Gasteiger partial charge in [-0.3, -0.25) is 0 Å². The van der Waals surface area contributed by atoms with Crippen molar-refractivity contribution in [1.29, 1.82) is 10.5 Å². The number of nitrogens with two attached hydrogens (primary N) is 1. The normalized spacial score (nSPS) is 15.6. The molecule has 1 aromatic carbocycles. The number of aromatic nitrogens is 1. The number of carbonyl (C=O) groups is 1. The van der Waals surface area contributed by atoms with Gasteiger partial charge in [-0.25, -0.2) is 9.78 Å². The van der Waals surface area contributed by atoms with Gasteiger partial charge in [0.1, 0.15) is 28.5 Å². The van der Waals surface area contributed by atoms with Crippen molar-refractivity contribution in [2.75, 3.05) is 12.9 Å². The van der Waals surface area contributed by atoms with Gasteiger partial charge in [-0.15, -0.1) is 0 Å². The fraction of sp³-hybridized carbons (Fsp3) is 0.217. The molecule has 162 valence electrons. The van der Waals surface area contributed by atoms with Crippen molar-refractivity contribution in [3.63, 3.8) is 0 Å². The molecule has 0 bridgehead atoms. The number of ether oxygens (including phenoxy) is 2. The summed E-state index contributed by atoms with van der Waals surface area (Å²) in [4.78, 5) is 17.3. The van der Waals surface area contributed by atoms with Gasteiger partial charge in [0.15, 0.2) is 0 Å². The molecule has 2 heterocycles. The van der Waals surface area contributed by atoms with E-state index in [0.717, 1.165) is 11.3 Å². The number of thioether (sulfide) groups is 1. The molecule has 1 aromatic heterocycles. The second-order valence-corrected chi connectivity index (χ2v) is 8.37. The van der Waals surface area contributed by atoms with E-state index in [1.54, 1.807) is 24.3 Å². The van der Waals surface area contributed by atoms with E-state index in [-0.39, 0.29) is 28.5 Å². The van der Waals surface area contributed by atoms with Gasteiger partial charge < -0.3 is 15.2 Å². The third-order valence-corrected chi connectivity index (χ3v) is 6.10. The van der Waals surface area contributed by atoms with Crippen molar-refractivity contribution in [2.45, 2.75) is 24.8 Å².